The van der Waals surface area contributed by atoms with Crippen molar-refractivity contribution in [1.29, 1.82) is 0 Å². The van der Waals surface area contributed by atoms with Gasteiger partial charge in [0.15, 0.2) is 0 Å². The number of carbonyl (C=O) groups excluding carboxylic acids is 1. The molecule has 0 spiro atoms. The molecule has 3 aromatic rings. The number of nitrogens with zero attached hydrogens (tertiary/aromatic N) is 1. The second-order valence-electron chi connectivity index (χ2n) is 19.4. The minimum Gasteiger partial charge on any atom is -0.491 e. The van der Waals surface area contributed by atoms with Crippen molar-refractivity contribution in [1.82, 2.24) is 10.2 Å². The van der Waals surface area contributed by atoms with E-state index in [1.165, 1.54) is 35.9 Å². The van der Waals surface area contributed by atoms with Gasteiger partial charge >= 0.3 is 0 Å². The average molecular weight is 871 g/mol. The molecule has 61 heavy (non-hydrogen) atoms. The third kappa shape index (κ3) is 22.2. The molecule has 344 valence electrons. The van der Waals surface area contributed by atoms with Gasteiger partial charge in [-0.15, -0.1) is 0 Å². The summed E-state index contributed by atoms with van der Waals surface area (Å²) in [6, 6.07) is 24.8. The molecule has 4 N–H and O–H groups in total. The van der Waals surface area contributed by atoms with Crippen molar-refractivity contribution in [2.75, 3.05) is 39.2 Å². The summed E-state index contributed by atoms with van der Waals surface area (Å²) in [4.78, 5) is 13.0. The molecular formula is C49H78N2O9S. The van der Waals surface area contributed by atoms with Crippen molar-refractivity contribution >= 4 is 16.0 Å². The molecule has 12 heteroatoms. The van der Waals surface area contributed by atoms with Crippen LogP contribution in [0.15, 0.2) is 85.5 Å². The molecule has 3 aromatic carbocycles. The van der Waals surface area contributed by atoms with Crippen molar-refractivity contribution in [2.45, 2.75) is 143 Å². The maximum Gasteiger partial charge on any atom is 0.264 e. The van der Waals surface area contributed by atoms with Crippen LogP contribution in [0.2, 0.25) is 0 Å². The Morgan fingerprint density at radius 3 is 1.39 bits per heavy atom. The molecular weight excluding hydrogens is 793 g/mol. The molecule has 1 fully saturated rings. The molecule has 1 aliphatic rings. The van der Waals surface area contributed by atoms with Crippen LogP contribution in [-0.2, 0) is 29.9 Å². The van der Waals surface area contributed by atoms with Crippen molar-refractivity contribution in [3.63, 3.8) is 0 Å². The Balaban J connectivity index is 0.000000597. The van der Waals surface area contributed by atoms with Crippen molar-refractivity contribution in [2.24, 2.45) is 0 Å². The van der Waals surface area contributed by atoms with Gasteiger partial charge in [-0.3, -0.25) is 13.9 Å². The van der Waals surface area contributed by atoms with Crippen LogP contribution < -0.4 is 14.8 Å². The second-order valence-corrected chi connectivity index (χ2v) is 21.0. The molecule has 2 atom stereocenters. The largest absolute Gasteiger partial charge is 0.491 e. The van der Waals surface area contributed by atoms with Gasteiger partial charge < -0.3 is 30.1 Å². The standard InChI is InChI=1S/C31H40O5.C7H13NO.C6H13N.C5H12O3S/c1-6-26(33)20-35-28-14-10-22(11-15-28)30(2,3)24-8-7-9-25(18-24)31(4,5)23-12-16-29(17-13-23)36-21-27(34)19-32;1-5-6(9)8-7(2,3)4;1-6(2,3)7-4-5-7;1-5(2,3)8-9(4,6)7/h7-18,26-27,32-34H,6,19-21H2,1-5H3;5H,1H2,2-4H3,(H,8,9);4-5H2,1-3H3;1-4H3. The van der Waals surface area contributed by atoms with Crippen LogP contribution in [0, 0.1) is 0 Å². The third-order valence-electron chi connectivity index (χ3n) is 9.51. The molecule has 1 saturated heterocycles. The minimum absolute atomic E-state index is 0.0597. The lowest BCUT2D eigenvalue weighted by atomic mass is 9.73. The highest BCUT2D eigenvalue weighted by Crippen LogP contribution is 2.37. The summed E-state index contributed by atoms with van der Waals surface area (Å²) in [6.45, 7) is 34.4. The first kappa shape index (κ1) is 55.2. The van der Waals surface area contributed by atoms with Crippen molar-refractivity contribution in [3.05, 3.63) is 108 Å². The number of hydrogen-bond acceptors (Lipinski definition) is 10. The van der Waals surface area contributed by atoms with Gasteiger partial charge in [-0.25, -0.2) is 0 Å². The van der Waals surface area contributed by atoms with Crippen molar-refractivity contribution in [3.8, 4) is 11.5 Å². The Kier molecular flexibility index (Phi) is 21.4. The molecule has 0 radical (unpaired) electrons. The monoisotopic (exact) mass is 871 g/mol. The molecule has 0 aromatic heterocycles. The lowest BCUT2D eigenvalue weighted by Gasteiger charge is -2.31. The van der Waals surface area contributed by atoms with Crippen molar-refractivity contribution < 1.29 is 42.2 Å². The molecule has 0 saturated carbocycles. The molecule has 1 amide bonds. The van der Waals surface area contributed by atoms with Gasteiger partial charge in [0.05, 0.1) is 24.6 Å². The van der Waals surface area contributed by atoms with E-state index in [2.05, 4.69) is 106 Å². The maximum absolute atomic E-state index is 10.6. The van der Waals surface area contributed by atoms with E-state index >= 15 is 0 Å². The smallest absolute Gasteiger partial charge is 0.264 e. The molecule has 1 heterocycles. The second kappa shape index (κ2) is 23.6. The summed E-state index contributed by atoms with van der Waals surface area (Å²) in [5, 5.41) is 30.9. The van der Waals surface area contributed by atoms with E-state index in [1.54, 1.807) is 20.8 Å². The Morgan fingerprint density at radius 2 is 1.15 bits per heavy atom. The highest BCUT2D eigenvalue weighted by atomic mass is 32.2. The fourth-order valence-electron chi connectivity index (χ4n) is 5.72. The number of hydrogen-bond donors (Lipinski definition) is 4. The SMILES string of the molecule is C=CC(=O)NC(C)(C)C.CC(C)(C)N1CC1.CC(C)(C)OS(C)(=O)=O.CCC(O)COc1ccc(C(C)(C)c2cccc(C(C)(C)c3ccc(OCC(O)CO)cc3)c2)cc1. The lowest BCUT2D eigenvalue weighted by Crippen LogP contribution is -2.39. The topological polar surface area (TPSA) is 155 Å². The van der Waals surface area contributed by atoms with Crippen LogP contribution in [0.5, 0.6) is 11.5 Å². The van der Waals surface area contributed by atoms with E-state index in [1.807, 2.05) is 64.1 Å². The van der Waals surface area contributed by atoms with E-state index in [0.29, 0.717) is 24.3 Å². The number of ether oxygens (including phenoxy) is 2. The average Bonchev–Trinajstić information content (AvgIpc) is 4.02. The number of nitrogens with one attached hydrogen (secondary N) is 1. The number of carbonyl (C=O) groups is 1. The highest BCUT2D eigenvalue weighted by Gasteiger charge is 2.30. The van der Waals surface area contributed by atoms with Gasteiger partial charge in [0.2, 0.25) is 5.91 Å². The minimum atomic E-state index is -3.28. The van der Waals surface area contributed by atoms with Gasteiger partial charge in [-0.2, -0.15) is 8.42 Å². The van der Waals surface area contributed by atoms with Crippen LogP contribution in [0.3, 0.4) is 0 Å². The fourth-order valence-corrected chi connectivity index (χ4v) is 6.62. The van der Waals surface area contributed by atoms with E-state index in [-0.39, 0.29) is 35.5 Å². The molecule has 0 bridgehead atoms. The predicted octanol–water partition coefficient (Wildman–Crippen LogP) is 8.17. The van der Waals surface area contributed by atoms with Gasteiger partial charge in [0, 0.05) is 35.0 Å². The van der Waals surface area contributed by atoms with Crippen LogP contribution in [0.25, 0.3) is 0 Å². The highest BCUT2D eigenvalue weighted by molar-refractivity contribution is 7.86. The van der Waals surface area contributed by atoms with E-state index in [9.17, 15) is 23.4 Å². The van der Waals surface area contributed by atoms with E-state index < -0.39 is 27.9 Å². The van der Waals surface area contributed by atoms with Crippen LogP contribution >= 0.6 is 0 Å². The summed E-state index contributed by atoms with van der Waals surface area (Å²) < 4.78 is 36.7. The van der Waals surface area contributed by atoms with Crippen LogP contribution in [0.1, 0.15) is 126 Å². The summed E-state index contributed by atoms with van der Waals surface area (Å²) in [5.41, 5.74) is 4.03. The predicted molar refractivity (Wildman–Crippen MR) is 249 cm³/mol. The maximum atomic E-state index is 10.6. The first-order chi connectivity index (χ1) is 27.8. The Bertz CT molecular complexity index is 1780. The van der Waals surface area contributed by atoms with E-state index in [0.717, 1.165) is 17.6 Å². The molecule has 1 aliphatic heterocycles. The summed E-state index contributed by atoms with van der Waals surface area (Å²) >= 11 is 0. The van der Waals surface area contributed by atoms with Gasteiger partial charge in [-0.1, -0.05) is 89.7 Å². The Morgan fingerprint density at radius 1 is 0.738 bits per heavy atom. The molecule has 4 rings (SSSR count). The molecule has 2 unspecified atom stereocenters. The number of aliphatic hydroxyl groups excluding tert-OH is 3. The zero-order chi connectivity index (χ0) is 47.0. The van der Waals surface area contributed by atoms with Gasteiger partial charge in [-0.05, 0) is 121 Å². The van der Waals surface area contributed by atoms with Gasteiger partial charge in [0.25, 0.3) is 10.1 Å². The quantitative estimate of drug-likeness (QED) is 0.0709. The zero-order valence-corrected chi connectivity index (χ0v) is 40.6. The number of rotatable bonds is 14. The summed E-state index contributed by atoms with van der Waals surface area (Å²) in [7, 11) is -3.28. The number of benzene rings is 3. The summed E-state index contributed by atoms with van der Waals surface area (Å²) in [5.74, 6) is 1.30. The lowest BCUT2D eigenvalue weighted by molar-refractivity contribution is -0.117. The number of aliphatic hydroxyl groups is 3. The molecule has 0 aliphatic carbocycles. The summed E-state index contributed by atoms with van der Waals surface area (Å²) in [6.07, 6.45) is 1.65. The Labute approximate surface area is 368 Å². The number of amides is 1. The first-order valence-corrected chi connectivity index (χ1v) is 22.8. The van der Waals surface area contributed by atoms with Crippen LogP contribution in [0.4, 0.5) is 0 Å². The third-order valence-corrected chi connectivity index (χ3v) is 10.3. The Hall–Kier alpha value is -3.78. The normalized spacial score (nSPS) is 14.3. The molecule has 11 nitrogen and oxygen atoms in total. The first-order valence-electron chi connectivity index (χ1n) is 21.0. The van der Waals surface area contributed by atoms with Crippen LogP contribution in [-0.4, -0.2) is 103 Å². The fraction of sp³-hybridized carbons (Fsp3) is 0.571. The van der Waals surface area contributed by atoms with E-state index in [4.69, 9.17) is 14.6 Å². The van der Waals surface area contributed by atoms with Gasteiger partial charge in [0.1, 0.15) is 30.8 Å². The zero-order valence-electron chi connectivity index (χ0n) is 39.8.